The van der Waals surface area contributed by atoms with Crippen molar-refractivity contribution >= 4 is 23.6 Å². The zero-order valence-corrected chi connectivity index (χ0v) is 10.1. The Morgan fingerprint density at radius 2 is 2.35 bits per heavy atom. The summed E-state index contributed by atoms with van der Waals surface area (Å²) in [6.45, 7) is 6.15. The van der Waals surface area contributed by atoms with E-state index < -0.39 is 0 Å². The summed E-state index contributed by atoms with van der Waals surface area (Å²) in [6.07, 6.45) is 1.76. The van der Waals surface area contributed by atoms with E-state index in [1.807, 2.05) is 11.0 Å². The van der Waals surface area contributed by atoms with Gasteiger partial charge in [-0.05, 0) is 23.3 Å². The summed E-state index contributed by atoms with van der Waals surface area (Å²) >= 11 is 6.20. The first-order valence-corrected chi connectivity index (χ1v) is 6.07. The summed E-state index contributed by atoms with van der Waals surface area (Å²) in [4.78, 5) is 14.1. The van der Waals surface area contributed by atoms with Crippen LogP contribution in [0.4, 0.5) is 0 Å². The maximum Gasteiger partial charge on any atom is 0.256 e. The van der Waals surface area contributed by atoms with Crippen molar-refractivity contribution in [3.05, 3.63) is 40.4 Å². The molecule has 1 fully saturated rings. The molecule has 0 bridgehead atoms. The molecule has 2 heterocycles. The number of carbonyl (C=O) groups is 1. The summed E-state index contributed by atoms with van der Waals surface area (Å²) in [6, 6.07) is 3.95. The van der Waals surface area contributed by atoms with E-state index in [-0.39, 0.29) is 11.9 Å². The van der Waals surface area contributed by atoms with Crippen molar-refractivity contribution in [1.29, 1.82) is 0 Å². The van der Waals surface area contributed by atoms with Crippen LogP contribution in [-0.2, 0) is 0 Å². The van der Waals surface area contributed by atoms with Crippen LogP contribution in [0.5, 0.6) is 0 Å². The molecule has 0 aliphatic carbocycles. The Hall–Kier alpha value is -1.32. The number of rotatable bonds is 1. The van der Waals surface area contributed by atoms with Crippen LogP contribution in [0.1, 0.15) is 27.5 Å². The van der Waals surface area contributed by atoms with Gasteiger partial charge in [-0.15, -0.1) is 0 Å². The largest absolute Gasteiger partial charge is 0.329 e. The van der Waals surface area contributed by atoms with Crippen LogP contribution in [0.3, 0.4) is 0 Å². The van der Waals surface area contributed by atoms with Gasteiger partial charge in [0.25, 0.3) is 5.91 Å². The van der Waals surface area contributed by atoms with Gasteiger partial charge in [0.15, 0.2) is 0 Å². The molecule has 2 aliphatic heterocycles. The summed E-state index contributed by atoms with van der Waals surface area (Å²) in [7, 11) is 0. The minimum Gasteiger partial charge on any atom is -0.329 e. The minimum atomic E-state index is 0.0621. The molecule has 88 valence electrons. The van der Waals surface area contributed by atoms with Gasteiger partial charge in [0, 0.05) is 19.6 Å². The van der Waals surface area contributed by atoms with Crippen LogP contribution >= 0.6 is 11.6 Å². The molecular weight excluding hydrogens is 236 g/mol. The first-order valence-electron chi connectivity index (χ1n) is 5.70. The smallest absolute Gasteiger partial charge is 0.256 e. The number of nitrogens with one attached hydrogen (secondary N) is 1. The molecule has 1 amide bonds. The lowest BCUT2D eigenvalue weighted by molar-refractivity contribution is 0.0691. The fourth-order valence-electron chi connectivity index (χ4n) is 2.62. The highest BCUT2D eigenvalue weighted by molar-refractivity contribution is 6.34. The average molecular weight is 249 g/mol. The SMILES string of the molecule is C=Cc1cc(Cl)c2c(c1)[C@@H]1CNCCN1C2=O. The lowest BCUT2D eigenvalue weighted by Crippen LogP contribution is -2.44. The van der Waals surface area contributed by atoms with Crippen LogP contribution < -0.4 is 5.32 Å². The molecule has 1 saturated heterocycles. The first-order chi connectivity index (χ1) is 8.22. The molecule has 1 atom stereocenters. The van der Waals surface area contributed by atoms with E-state index in [9.17, 15) is 4.79 Å². The summed E-state index contributed by atoms with van der Waals surface area (Å²) in [5.41, 5.74) is 2.67. The van der Waals surface area contributed by atoms with Crippen LogP contribution in [0.25, 0.3) is 6.08 Å². The third kappa shape index (κ3) is 1.50. The Bertz CT molecular complexity index is 512. The summed E-state index contributed by atoms with van der Waals surface area (Å²) in [5.74, 6) is 0.0621. The van der Waals surface area contributed by atoms with Crippen LogP contribution in [-0.4, -0.2) is 30.4 Å². The van der Waals surface area contributed by atoms with Gasteiger partial charge in [0.2, 0.25) is 0 Å². The zero-order valence-electron chi connectivity index (χ0n) is 9.37. The molecule has 2 aliphatic rings. The van der Waals surface area contributed by atoms with E-state index in [0.29, 0.717) is 10.6 Å². The second-order valence-corrected chi connectivity index (χ2v) is 4.80. The maximum absolute atomic E-state index is 12.2. The van der Waals surface area contributed by atoms with Crippen LogP contribution in [0.15, 0.2) is 18.7 Å². The van der Waals surface area contributed by atoms with Crippen molar-refractivity contribution in [2.75, 3.05) is 19.6 Å². The standard InChI is InChI=1S/C13H13ClN2O/c1-2-8-5-9-11-7-15-3-4-16(11)13(17)12(9)10(14)6-8/h2,5-6,11,15H,1,3-4,7H2/t11-/m0/s1. The average Bonchev–Trinajstić information content (AvgIpc) is 2.64. The first kappa shape index (κ1) is 10.8. The number of halogens is 1. The molecular formula is C13H13ClN2O. The number of amides is 1. The molecule has 1 N–H and O–H groups in total. The number of nitrogens with zero attached hydrogens (tertiary/aromatic N) is 1. The fraction of sp³-hybridized carbons (Fsp3) is 0.308. The molecule has 1 aromatic carbocycles. The van der Waals surface area contributed by atoms with Gasteiger partial charge in [-0.2, -0.15) is 0 Å². The Morgan fingerprint density at radius 3 is 3.12 bits per heavy atom. The van der Waals surface area contributed by atoms with E-state index in [2.05, 4.69) is 11.9 Å². The van der Waals surface area contributed by atoms with E-state index in [1.54, 1.807) is 12.1 Å². The van der Waals surface area contributed by atoms with E-state index in [1.165, 1.54) is 0 Å². The predicted molar refractivity (Wildman–Crippen MR) is 68.2 cm³/mol. The van der Waals surface area contributed by atoms with Crippen molar-refractivity contribution in [2.24, 2.45) is 0 Å². The van der Waals surface area contributed by atoms with Crippen LogP contribution in [0.2, 0.25) is 5.02 Å². The number of fused-ring (bicyclic) bond motifs is 3. The second kappa shape index (κ2) is 3.86. The Kier molecular flexibility index (Phi) is 2.45. The number of piperazine rings is 1. The van der Waals surface area contributed by atoms with Gasteiger partial charge in [0.1, 0.15) is 0 Å². The summed E-state index contributed by atoms with van der Waals surface area (Å²) in [5, 5.41) is 3.85. The Balaban J connectivity index is 2.17. The van der Waals surface area contributed by atoms with Gasteiger partial charge < -0.3 is 10.2 Å². The Labute approximate surface area is 105 Å². The third-order valence-electron chi connectivity index (χ3n) is 3.46. The summed E-state index contributed by atoms with van der Waals surface area (Å²) < 4.78 is 0. The van der Waals surface area contributed by atoms with Crippen molar-refractivity contribution in [2.45, 2.75) is 6.04 Å². The fourth-order valence-corrected chi connectivity index (χ4v) is 2.94. The van der Waals surface area contributed by atoms with Gasteiger partial charge in [0.05, 0.1) is 16.6 Å². The topological polar surface area (TPSA) is 32.3 Å². The highest BCUT2D eigenvalue weighted by Gasteiger charge is 2.39. The molecule has 1 aromatic rings. The quantitative estimate of drug-likeness (QED) is 0.825. The third-order valence-corrected chi connectivity index (χ3v) is 3.75. The predicted octanol–water partition coefficient (Wildman–Crippen LogP) is 2.08. The van der Waals surface area contributed by atoms with Crippen molar-refractivity contribution in [3.63, 3.8) is 0 Å². The highest BCUT2D eigenvalue weighted by Crippen LogP contribution is 2.38. The van der Waals surface area contributed by atoms with Crippen molar-refractivity contribution < 1.29 is 4.79 Å². The molecule has 17 heavy (non-hydrogen) atoms. The number of benzene rings is 1. The maximum atomic E-state index is 12.2. The van der Waals surface area contributed by atoms with E-state index >= 15 is 0 Å². The number of hydrogen-bond donors (Lipinski definition) is 1. The lowest BCUT2D eigenvalue weighted by atomic mass is 10.0. The van der Waals surface area contributed by atoms with Gasteiger partial charge in [-0.25, -0.2) is 0 Å². The van der Waals surface area contributed by atoms with Crippen molar-refractivity contribution in [3.8, 4) is 0 Å². The second-order valence-electron chi connectivity index (χ2n) is 4.39. The minimum absolute atomic E-state index is 0.0621. The molecule has 0 radical (unpaired) electrons. The molecule has 0 aromatic heterocycles. The van der Waals surface area contributed by atoms with Gasteiger partial charge >= 0.3 is 0 Å². The van der Waals surface area contributed by atoms with E-state index in [4.69, 9.17) is 11.6 Å². The molecule has 0 saturated carbocycles. The molecule has 4 heteroatoms. The molecule has 3 rings (SSSR count). The van der Waals surface area contributed by atoms with Crippen molar-refractivity contribution in [1.82, 2.24) is 10.2 Å². The van der Waals surface area contributed by atoms with Crippen LogP contribution in [0, 0.1) is 0 Å². The number of hydrogen-bond acceptors (Lipinski definition) is 2. The lowest BCUT2D eigenvalue weighted by Gasteiger charge is -2.30. The Morgan fingerprint density at radius 1 is 1.53 bits per heavy atom. The highest BCUT2D eigenvalue weighted by atomic mass is 35.5. The molecule has 0 spiro atoms. The normalized spacial score (nSPS) is 22.3. The molecule has 3 nitrogen and oxygen atoms in total. The van der Waals surface area contributed by atoms with Gasteiger partial charge in [-0.1, -0.05) is 24.3 Å². The zero-order chi connectivity index (χ0) is 12.0. The number of carbonyl (C=O) groups excluding carboxylic acids is 1. The monoisotopic (exact) mass is 248 g/mol. The van der Waals surface area contributed by atoms with Gasteiger partial charge in [-0.3, -0.25) is 4.79 Å². The van der Waals surface area contributed by atoms with E-state index in [0.717, 1.165) is 30.8 Å². The molecule has 0 unspecified atom stereocenters.